The van der Waals surface area contributed by atoms with E-state index in [1.54, 1.807) is 42.5 Å². The van der Waals surface area contributed by atoms with Gasteiger partial charge in [0.15, 0.2) is 0 Å². The van der Waals surface area contributed by atoms with Gasteiger partial charge in [0.2, 0.25) is 0 Å². The SMILES string of the molecule is N#Cc1cc(-n2c3ccccc3c3ccc(-c4cc(C(F)(F)F)cc(C(F)(F)F)c4)cc32)c(-c2ccc(C#N)cc2C(F)(F)F)c(-n2c3ccccc3c3ccc(-c4cc(C(F)(F)F)cc(C(F)(F)F)c4)cc32)c1. The molecule has 10 rings (SSSR count). The van der Waals surface area contributed by atoms with Gasteiger partial charge < -0.3 is 9.13 Å². The largest absolute Gasteiger partial charge is 0.417 e. The van der Waals surface area contributed by atoms with Crippen molar-refractivity contribution in [3.63, 3.8) is 0 Å². The summed E-state index contributed by atoms with van der Waals surface area (Å²) in [6.07, 6.45) is -26.2. The smallest absolute Gasteiger partial charge is 0.308 e. The van der Waals surface area contributed by atoms with E-state index in [0.717, 1.165) is 12.1 Å². The zero-order valence-corrected chi connectivity index (χ0v) is 36.9. The Morgan fingerprint density at radius 2 is 0.703 bits per heavy atom. The number of benzene rings is 8. The molecule has 0 radical (unpaired) electrons. The van der Waals surface area contributed by atoms with Crippen molar-refractivity contribution < 1.29 is 65.9 Å². The van der Waals surface area contributed by atoms with Gasteiger partial charge in [-0.3, -0.25) is 0 Å². The topological polar surface area (TPSA) is 57.4 Å². The molecular formula is C55H25F15N4. The first-order valence-electron chi connectivity index (χ1n) is 21.6. The van der Waals surface area contributed by atoms with Crippen molar-refractivity contribution >= 4 is 43.6 Å². The molecule has 0 saturated carbocycles. The molecule has 0 atom stereocenters. The van der Waals surface area contributed by atoms with Crippen LogP contribution < -0.4 is 0 Å². The molecule has 370 valence electrons. The van der Waals surface area contributed by atoms with Crippen LogP contribution in [0.3, 0.4) is 0 Å². The maximum atomic E-state index is 15.6. The number of fused-ring (bicyclic) bond motifs is 6. The molecule has 0 fully saturated rings. The van der Waals surface area contributed by atoms with Crippen LogP contribution in [0.4, 0.5) is 65.9 Å². The quantitative estimate of drug-likeness (QED) is 0.161. The van der Waals surface area contributed by atoms with Crippen molar-refractivity contribution in [3.8, 4) is 56.9 Å². The minimum absolute atomic E-state index is 0.0219. The van der Waals surface area contributed by atoms with Gasteiger partial charge in [-0.25, -0.2) is 0 Å². The molecule has 0 saturated heterocycles. The summed E-state index contributed by atoms with van der Waals surface area (Å²) in [6.45, 7) is 0. The van der Waals surface area contributed by atoms with Gasteiger partial charge in [0.1, 0.15) is 0 Å². The van der Waals surface area contributed by atoms with E-state index in [-0.39, 0.29) is 67.8 Å². The molecule has 4 nitrogen and oxygen atoms in total. The predicted octanol–water partition coefficient (Wildman–Crippen LogP) is 17.7. The maximum Gasteiger partial charge on any atom is 0.417 e. The standard InChI is InChI=1S/C55H25F15N4/c56-51(57,58)34-18-32(19-35(24-34)52(59,60)61)30-10-13-40-38-5-1-3-7-44(38)73(46(40)22-30)48-16-29(27-72)17-49(50(48)42-12-9-28(26-71)15-43(42)55(68,69)70)74-45-8-4-2-6-39(45)41-14-11-31(23-47(41)74)33-20-36(53(62,63)64)25-37(21-33)54(65,66)67/h1-25H. The highest BCUT2D eigenvalue weighted by Gasteiger charge is 2.40. The third-order valence-electron chi connectivity index (χ3n) is 12.6. The zero-order chi connectivity index (χ0) is 53.0. The van der Waals surface area contributed by atoms with E-state index in [1.807, 2.05) is 6.07 Å². The number of para-hydroxylation sites is 2. The number of aromatic nitrogens is 2. The van der Waals surface area contributed by atoms with Crippen LogP contribution in [0.5, 0.6) is 0 Å². The summed E-state index contributed by atoms with van der Waals surface area (Å²) in [6, 6.07) is 31.1. The Bertz CT molecular complexity index is 3760. The van der Waals surface area contributed by atoms with E-state index in [2.05, 4.69) is 0 Å². The van der Waals surface area contributed by atoms with Crippen LogP contribution in [0.15, 0.2) is 152 Å². The van der Waals surface area contributed by atoms with Gasteiger partial charge in [-0.05, 0) is 113 Å². The lowest BCUT2D eigenvalue weighted by atomic mass is 9.92. The number of halogens is 15. The van der Waals surface area contributed by atoms with E-state index in [4.69, 9.17) is 0 Å². The Labute approximate surface area is 406 Å². The fourth-order valence-electron chi connectivity index (χ4n) is 9.43. The van der Waals surface area contributed by atoms with E-state index in [0.29, 0.717) is 51.9 Å². The van der Waals surface area contributed by atoms with Crippen LogP contribution in [0.2, 0.25) is 0 Å². The van der Waals surface area contributed by atoms with Crippen molar-refractivity contribution in [1.29, 1.82) is 10.5 Å². The maximum absolute atomic E-state index is 15.6. The zero-order valence-electron chi connectivity index (χ0n) is 36.9. The predicted molar refractivity (Wildman–Crippen MR) is 246 cm³/mol. The van der Waals surface area contributed by atoms with Crippen molar-refractivity contribution in [2.24, 2.45) is 0 Å². The summed E-state index contributed by atoms with van der Waals surface area (Å²) in [5, 5.41) is 22.0. The molecule has 74 heavy (non-hydrogen) atoms. The van der Waals surface area contributed by atoms with Crippen LogP contribution in [-0.2, 0) is 30.9 Å². The minimum Gasteiger partial charge on any atom is -0.308 e. The van der Waals surface area contributed by atoms with Crippen molar-refractivity contribution in [1.82, 2.24) is 9.13 Å². The van der Waals surface area contributed by atoms with E-state index in [1.165, 1.54) is 69.8 Å². The number of nitriles is 2. The van der Waals surface area contributed by atoms with Crippen LogP contribution in [0, 0.1) is 22.7 Å². The molecule has 19 heteroatoms. The first kappa shape index (κ1) is 48.9. The summed E-state index contributed by atoms with van der Waals surface area (Å²) >= 11 is 0. The van der Waals surface area contributed by atoms with Crippen molar-refractivity contribution in [3.05, 3.63) is 191 Å². The van der Waals surface area contributed by atoms with Gasteiger partial charge in [0.05, 0.1) is 84.5 Å². The second-order valence-electron chi connectivity index (χ2n) is 17.1. The van der Waals surface area contributed by atoms with Crippen LogP contribution in [-0.4, -0.2) is 9.13 Å². The summed E-state index contributed by atoms with van der Waals surface area (Å²) < 4.78 is 220. The summed E-state index contributed by atoms with van der Waals surface area (Å²) in [4.78, 5) is 0. The summed E-state index contributed by atoms with van der Waals surface area (Å²) in [7, 11) is 0. The van der Waals surface area contributed by atoms with E-state index >= 15 is 13.2 Å². The van der Waals surface area contributed by atoms with Crippen molar-refractivity contribution in [2.45, 2.75) is 30.9 Å². The number of alkyl halides is 15. The molecule has 0 amide bonds. The lowest BCUT2D eigenvalue weighted by Gasteiger charge is -2.23. The van der Waals surface area contributed by atoms with E-state index < -0.39 is 81.0 Å². The highest BCUT2D eigenvalue weighted by atomic mass is 19.4. The molecule has 0 aliphatic rings. The van der Waals surface area contributed by atoms with Gasteiger partial charge >= 0.3 is 30.9 Å². The van der Waals surface area contributed by atoms with Crippen LogP contribution >= 0.6 is 0 Å². The van der Waals surface area contributed by atoms with E-state index in [9.17, 15) is 63.2 Å². The van der Waals surface area contributed by atoms with Gasteiger partial charge in [0.25, 0.3) is 0 Å². The van der Waals surface area contributed by atoms with Crippen LogP contribution in [0.1, 0.15) is 38.9 Å². The number of hydrogen-bond acceptors (Lipinski definition) is 2. The van der Waals surface area contributed by atoms with Crippen LogP contribution in [0.25, 0.3) is 88.4 Å². The lowest BCUT2D eigenvalue weighted by Crippen LogP contribution is -2.11. The molecule has 0 unspecified atom stereocenters. The highest BCUT2D eigenvalue weighted by Crippen LogP contribution is 2.49. The molecule has 2 aromatic heterocycles. The van der Waals surface area contributed by atoms with Gasteiger partial charge in [-0.2, -0.15) is 76.4 Å². The third-order valence-corrected chi connectivity index (χ3v) is 12.6. The fraction of sp³-hybridized carbons (Fsp3) is 0.0909. The van der Waals surface area contributed by atoms with Crippen molar-refractivity contribution in [2.75, 3.05) is 0 Å². The number of nitrogens with zero attached hydrogens (tertiary/aromatic N) is 4. The second-order valence-corrected chi connectivity index (χ2v) is 17.1. The summed E-state index contributed by atoms with van der Waals surface area (Å²) in [5.74, 6) is 0. The Morgan fingerprint density at radius 3 is 1.07 bits per heavy atom. The van der Waals surface area contributed by atoms with Gasteiger partial charge in [-0.15, -0.1) is 0 Å². The van der Waals surface area contributed by atoms with Gasteiger partial charge in [-0.1, -0.05) is 66.7 Å². The molecule has 2 heterocycles. The molecule has 0 aliphatic heterocycles. The Kier molecular flexibility index (Phi) is 11.2. The average molecular weight is 1030 g/mol. The first-order chi connectivity index (χ1) is 34.7. The Morgan fingerprint density at radius 1 is 0.324 bits per heavy atom. The monoisotopic (exact) mass is 1030 g/mol. The average Bonchev–Trinajstić information content (AvgIpc) is 3.86. The third kappa shape index (κ3) is 8.47. The number of hydrogen-bond donors (Lipinski definition) is 0. The molecule has 0 aliphatic carbocycles. The highest BCUT2D eigenvalue weighted by molar-refractivity contribution is 6.13. The second kappa shape index (κ2) is 16.9. The molecule has 10 aromatic rings. The number of rotatable bonds is 5. The molecule has 8 aromatic carbocycles. The molecule has 0 spiro atoms. The molecular weight excluding hydrogens is 1000 g/mol. The first-order valence-corrected chi connectivity index (χ1v) is 21.6. The lowest BCUT2D eigenvalue weighted by molar-refractivity contribution is -0.144. The Balaban J connectivity index is 1.37. The minimum atomic E-state index is -5.23. The van der Waals surface area contributed by atoms with Gasteiger partial charge in [0, 0.05) is 27.1 Å². The molecule has 0 bridgehead atoms. The normalized spacial score (nSPS) is 12.8. The Hall–Kier alpha value is -8.71. The summed E-state index contributed by atoms with van der Waals surface area (Å²) in [5.41, 5.74) is -10.9. The fourth-order valence-corrected chi connectivity index (χ4v) is 9.43. The molecule has 0 N–H and O–H groups in total.